The van der Waals surface area contributed by atoms with Gasteiger partial charge < -0.3 is 4.74 Å². The Labute approximate surface area is 167 Å². The minimum atomic E-state index is 0.0729. The van der Waals surface area contributed by atoms with Crippen molar-refractivity contribution in [3.63, 3.8) is 0 Å². The van der Waals surface area contributed by atoms with Crippen LogP contribution in [0.5, 0.6) is 5.75 Å². The Hall–Kier alpha value is -2.87. The Bertz CT molecular complexity index is 1070. The van der Waals surface area contributed by atoms with E-state index in [4.69, 9.17) is 9.72 Å². The van der Waals surface area contributed by atoms with E-state index >= 15 is 0 Å². The SMILES string of the molecule is CCCCC(Oc1cc(CC)c2c(c1)ncc1ccccc12)c1ccccc1. The topological polar surface area (TPSA) is 22.1 Å². The Morgan fingerprint density at radius 1 is 0.929 bits per heavy atom. The number of unbranched alkanes of at least 4 members (excludes halogenated alkanes) is 1. The van der Waals surface area contributed by atoms with Gasteiger partial charge in [-0.3, -0.25) is 4.98 Å². The summed E-state index contributed by atoms with van der Waals surface area (Å²) < 4.78 is 6.53. The fourth-order valence-corrected chi connectivity index (χ4v) is 3.91. The van der Waals surface area contributed by atoms with E-state index in [2.05, 4.69) is 80.6 Å². The van der Waals surface area contributed by atoms with Crippen LogP contribution in [0.15, 0.2) is 72.9 Å². The molecule has 0 radical (unpaired) electrons. The van der Waals surface area contributed by atoms with Gasteiger partial charge in [0.15, 0.2) is 0 Å². The third-order valence-electron chi connectivity index (χ3n) is 5.40. The first-order valence-electron chi connectivity index (χ1n) is 10.3. The van der Waals surface area contributed by atoms with Crippen LogP contribution >= 0.6 is 0 Å². The summed E-state index contributed by atoms with van der Waals surface area (Å²) in [6.07, 6.45) is 6.32. The van der Waals surface area contributed by atoms with Crippen LogP contribution < -0.4 is 4.74 Å². The van der Waals surface area contributed by atoms with E-state index in [1.807, 2.05) is 6.20 Å². The molecule has 1 atom stereocenters. The highest BCUT2D eigenvalue weighted by molar-refractivity contribution is 6.07. The van der Waals surface area contributed by atoms with Crippen molar-refractivity contribution in [1.29, 1.82) is 0 Å². The van der Waals surface area contributed by atoms with Gasteiger partial charge in [0.2, 0.25) is 0 Å². The summed E-state index contributed by atoms with van der Waals surface area (Å²) in [6.45, 7) is 4.42. The zero-order chi connectivity index (χ0) is 19.3. The second kappa shape index (κ2) is 8.43. The van der Waals surface area contributed by atoms with Crippen molar-refractivity contribution in [2.75, 3.05) is 0 Å². The fourth-order valence-electron chi connectivity index (χ4n) is 3.91. The van der Waals surface area contributed by atoms with Crippen LogP contribution in [0.2, 0.25) is 0 Å². The van der Waals surface area contributed by atoms with Crippen LogP contribution in [0.4, 0.5) is 0 Å². The van der Waals surface area contributed by atoms with Crippen molar-refractivity contribution in [2.24, 2.45) is 0 Å². The van der Waals surface area contributed by atoms with Gasteiger partial charge in [0.25, 0.3) is 0 Å². The first kappa shape index (κ1) is 18.5. The van der Waals surface area contributed by atoms with Crippen molar-refractivity contribution in [2.45, 2.75) is 45.6 Å². The van der Waals surface area contributed by atoms with Gasteiger partial charge in [0, 0.05) is 23.0 Å². The van der Waals surface area contributed by atoms with Gasteiger partial charge in [-0.1, -0.05) is 74.9 Å². The average Bonchev–Trinajstić information content (AvgIpc) is 2.76. The molecular weight excluding hydrogens is 342 g/mol. The number of fused-ring (bicyclic) bond motifs is 3. The number of benzene rings is 3. The lowest BCUT2D eigenvalue weighted by Crippen LogP contribution is -2.08. The maximum Gasteiger partial charge on any atom is 0.124 e. The smallest absolute Gasteiger partial charge is 0.124 e. The van der Waals surface area contributed by atoms with Gasteiger partial charge in [-0.15, -0.1) is 0 Å². The molecule has 0 bridgehead atoms. The van der Waals surface area contributed by atoms with Crippen LogP contribution in [0, 0.1) is 0 Å². The molecule has 2 nitrogen and oxygen atoms in total. The van der Waals surface area contributed by atoms with E-state index < -0.39 is 0 Å². The number of hydrogen-bond acceptors (Lipinski definition) is 2. The predicted octanol–water partition coefficient (Wildman–Crippen LogP) is 7.26. The highest BCUT2D eigenvalue weighted by atomic mass is 16.5. The standard InChI is InChI=1S/C26H27NO/c1-3-5-15-25(20-11-7-6-8-12-20)28-22-16-19(4-2)26-23-14-10-9-13-21(23)18-27-24(26)17-22/h6-14,16-18,25H,3-5,15H2,1-2H3. The predicted molar refractivity (Wildman–Crippen MR) is 118 cm³/mol. The summed E-state index contributed by atoms with van der Waals surface area (Å²) in [5.41, 5.74) is 3.54. The van der Waals surface area contributed by atoms with E-state index in [1.165, 1.54) is 27.3 Å². The molecule has 142 valence electrons. The van der Waals surface area contributed by atoms with Gasteiger partial charge in [-0.05, 0) is 41.8 Å². The minimum Gasteiger partial charge on any atom is -0.486 e. The Balaban J connectivity index is 1.76. The van der Waals surface area contributed by atoms with Crippen LogP contribution in [0.3, 0.4) is 0 Å². The summed E-state index contributed by atoms with van der Waals surface area (Å²) in [4.78, 5) is 4.74. The molecule has 1 heterocycles. The van der Waals surface area contributed by atoms with Crippen molar-refractivity contribution < 1.29 is 4.74 Å². The van der Waals surface area contributed by atoms with Gasteiger partial charge >= 0.3 is 0 Å². The summed E-state index contributed by atoms with van der Waals surface area (Å²) >= 11 is 0. The number of hydrogen-bond donors (Lipinski definition) is 0. The molecular formula is C26H27NO. The summed E-state index contributed by atoms with van der Waals surface area (Å²) in [6, 6.07) is 23.3. The van der Waals surface area contributed by atoms with Gasteiger partial charge in [0.1, 0.15) is 11.9 Å². The molecule has 0 spiro atoms. The van der Waals surface area contributed by atoms with E-state index in [0.717, 1.165) is 36.9 Å². The van der Waals surface area contributed by atoms with E-state index in [9.17, 15) is 0 Å². The fraction of sp³-hybridized carbons (Fsp3) is 0.269. The molecule has 0 saturated carbocycles. The zero-order valence-corrected chi connectivity index (χ0v) is 16.7. The van der Waals surface area contributed by atoms with Gasteiger partial charge in [-0.25, -0.2) is 0 Å². The Morgan fingerprint density at radius 3 is 2.50 bits per heavy atom. The number of aryl methyl sites for hydroxylation is 1. The van der Waals surface area contributed by atoms with Crippen molar-refractivity contribution in [1.82, 2.24) is 4.98 Å². The average molecular weight is 370 g/mol. The summed E-state index contributed by atoms with van der Waals surface area (Å²) in [5.74, 6) is 0.914. The molecule has 0 aliphatic rings. The molecule has 0 amide bonds. The van der Waals surface area contributed by atoms with Crippen LogP contribution in [-0.2, 0) is 6.42 Å². The second-order valence-corrected chi connectivity index (χ2v) is 7.33. The number of pyridine rings is 1. The van der Waals surface area contributed by atoms with Gasteiger partial charge in [0.05, 0.1) is 5.52 Å². The van der Waals surface area contributed by atoms with Crippen LogP contribution in [-0.4, -0.2) is 4.98 Å². The summed E-state index contributed by atoms with van der Waals surface area (Å²) in [5, 5.41) is 3.70. The van der Waals surface area contributed by atoms with Gasteiger partial charge in [-0.2, -0.15) is 0 Å². The molecule has 2 heteroatoms. The van der Waals surface area contributed by atoms with E-state index in [-0.39, 0.29) is 6.10 Å². The molecule has 1 aromatic heterocycles. The molecule has 4 rings (SSSR count). The molecule has 1 unspecified atom stereocenters. The molecule has 3 aromatic carbocycles. The van der Waals surface area contributed by atoms with Crippen molar-refractivity contribution in [3.8, 4) is 5.75 Å². The lowest BCUT2D eigenvalue weighted by atomic mass is 9.99. The third-order valence-corrected chi connectivity index (χ3v) is 5.40. The largest absolute Gasteiger partial charge is 0.486 e. The first-order chi connectivity index (χ1) is 13.8. The molecule has 0 aliphatic carbocycles. The molecule has 0 N–H and O–H groups in total. The maximum atomic E-state index is 6.53. The Kier molecular flexibility index (Phi) is 5.57. The number of nitrogens with zero attached hydrogens (tertiary/aromatic N) is 1. The lowest BCUT2D eigenvalue weighted by molar-refractivity contribution is 0.191. The van der Waals surface area contributed by atoms with Crippen LogP contribution in [0.25, 0.3) is 21.7 Å². The third kappa shape index (κ3) is 3.73. The quantitative estimate of drug-likeness (QED) is 0.320. The summed E-state index contributed by atoms with van der Waals surface area (Å²) in [7, 11) is 0. The minimum absolute atomic E-state index is 0.0729. The van der Waals surface area contributed by atoms with E-state index in [1.54, 1.807) is 0 Å². The normalized spacial score (nSPS) is 12.4. The maximum absolute atomic E-state index is 6.53. The highest BCUT2D eigenvalue weighted by Gasteiger charge is 2.15. The molecule has 28 heavy (non-hydrogen) atoms. The first-order valence-corrected chi connectivity index (χ1v) is 10.3. The Morgan fingerprint density at radius 2 is 1.71 bits per heavy atom. The second-order valence-electron chi connectivity index (χ2n) is 7.33. The molecule has 0 aliphatic heterocycles. The zero-order valence-electron chi connectivity index (χ0n) is 16.7. The monoisotopic (exact) mass is 369 g/mol. The van der Waals surface area contributed by atoms with E-state index in [0.29, 0.717) is 0 Å². The number of ether oxygens (including phenoxy) is 1. The molecule has 0 saturated heterocycles. The molecule has 4 aromatic rings. The van der Waals surface area contributed by atoms with Crippen molar-refractivity contribution >= 4 is 21.7 Å². The van der Waals surface area contributed by atoms with Crippen molar-refractivity contribution in [3.05, 3.63) is 84.1 Å². The number of rotatable bonds is 7. The molecule has 0 fully saturated rings. The van der Waals surface area contributed by atoms with Crippen LogP contribution in [0.1, 0.15) is 50.3 Å². The lowest BCUT2D eigenvalue weighted by Gasteiger charge is -2.21. The highest BCUT2D eigenvalue weighted by Crippen LogP contribution is 2.33. The number of aromatic nitrogens is 1.